The molecule has 2 N–H and O–H groups in total. The summed E-state index contributed by atoms with van der Waals surface area (Å²) in [7, 11) is 2.62. The third-order valence-corrected chi connectivity index (χ3v) is 17.3. The molecule has 1 aliphatic heterocycles. The zero-order valence-electron chi connectivity index (χ0n) is 57.4. The first-order chi connectivity index (χ1) is 40.2. The first-order valence-electron chi connectivity index (χ1n) is 32.1. The first-order valence-corrected chi connectivity index (χ1v) is 32.1. The fourth-order valence-corrected chi connectivity index (χ4v) is 10.8. The monoisotopic (exact) mass is 1210 g/mol. The number of amides is 1. The Bertz CT molecular complexity index is 2520. The van der Waals surface area contributed by atoms with E-state index in [9.17, 15) is 28.0 Å². The normalized spacial score (nSPS) is 16.2. The average molecular weight is 1210 g/mol. The number of methoxy groups -OCH3 is 2. The van der Waals surface area contributed by atoms with E-state index in [1.165, 1.54) is 142 Å². The second-order valence-corrected chi connectivity index (χ2v) is 25.1. The molecule has 3 aromatic rings. The van der Waals surface area contributed by atoms with E-state index < -0.39 is 41.7 Å². The number of carbonyl (C=O) groups excluding carboxylic acids is 4. The van der Waals surface area contributed by atoms with E-state index in [1.807, 2.05) is 41.5 Å². The molecular formula is C73H117F4N3O6. The van der Waals surface area contributed by atoms with Gasteiger partial charge in [0.05, 0.1) is 32.3 Å². The summed E-state index contributed by atoms with van der Waals surface area (Å²) in [5.74, 6) is -0.411. The van der Waals surface area contributed by atoms with Crippen molar-refractivity contribution in [1.82, 2.24) is 5.32 Å². The largest absolute Gasteiger partial charge is 0.469 e. The van der Waals surface area contributed by atoms with Crippen LogP contribution in [-0.4, -0.2) is 43.9 Å². The Hall–Kier alpha value is -5.46. The van der Waals surface area contributed by atoms with E-state index in [0.29, 0.717) is 41.4 Å². The number of nitrogens with one attached hydrogen (secondary N) is 2. The van der Waals surface area contributed by atoms with Gasteiger partial charge in [0.25, 0.3) is 0 Å². The minimum Gasteiger partial charge on any atom is -0.469 e. The summed E-state index contributed by atoms with van der Waals surface area (Å²) >= 11 is 0. The molecule has 5 rings (SSSR count). The lowest BCUT2D eigenvalue weighted by Gasteiger charge is -2.37. The maximum absolute atomic E-state index is 15.9. The molecule has 488 valence electrons. The number of ketones is 2. The molecule has 13 heteroatoms. The number of Topliss-reactive ketones (excluding diaryl/α,β-unsaturated/α-hetero) is 2. The summed E-state index contributed by atoms with van der Waals surface area (Å²) in [5, 5.41) is 5.75. The van der Waals surface area contributed by atoms with Gasteiger partial charge in [0.1, 0.15) is 29.1 Å². The van der Waals surface area contributed by atoms with Crippen LogP contribution >= 0.6 is 0 Å². The van der Waals surface area contributed by atoms with Crippen LogP contribution in [0.15, 0.2) is 60.8 Å². The lowest BCUT2D eigenvalue weighted by atomic mass is 9.69. The van der Waals surface area contributed by atoms with E-state index in [0.717, 1.165) is 53.0 Å². The van der Waals surface area contributed by atoms with Gasteiger partial charge in [0.15, 0.2) is 5.78 Å². The van der Waals surface area contributed by atoms with Gasteiger partial charge in [-0.1, -0.05) is 159 Å². The molecule has 2 aliphatic rings. The van der Waals surface area contributed by atoms with Crippen LogP contribution < -0.4 is 15.5 Å². The van der Waals surface area contributed by atoms with Gasteiger partial charge < -0.3 is 25.0 Å². The van der Waals surface area contributed by atoms with Crippen LogP contribution in [0.3, 0.4) is 0 Å². The van der Waals surface area contributed by atoms with E-state index in [1.54, 1.807) is 24.0 Å². The third kappa shape index (κ3) is 28.1. The van der Waals surface area contributed by atoms with Crippen LogP contribution in [0.5, 0.6) is 0 Å². The highest BCUT2D eigenvalue weighted by atomic mass is 19.1. The molecule has 6 atom stereocenters. The molecule has 1 saturated heterocycles. The Morgan fingerprint density at radius 2 is 1.06 bits per heavy atom. The minimum absolute atomic E-state index is 0.0598. The van der Waals surface area contributed by atoms with E-state index in [-0.39, 0.29) is 46.6 Å². The van der Waals surface area contributed by atoms with Gasteiger partial charge in [-0.25, -0.2) is 22.4 Å². The number of nitrogens with zero attached hydrogens (tertiary/aromatic N) is 1. The lowest BCUT2D eigenvalue weighted by molar-refractivity contribution is -0.138. The Labute approximate surface area is 520 Å². The lowest BCUT2D eigenvalue weighted by Crippen LogP contribution is -2.43. The molecule has 0 spiro atoms. The van der Waals surface area contributed by atoms with Crippen molar-refractivity contribution in [2.24, 2.45) is 35.0 Å². The topological polar surface area (TPSA) is 114 Å². The van der Waals surface area contributed by atoms with Crippen LogP contribution in [-0.2, 0) is 23.9 Å². The molecule has 1 saturated carbocycles. The number of aryl methyl sites for hydroxylation is 3. The molecule has 3 aromatic carbocycles. The van der Waals surface area contributed by atoms with E-state index in [2.05, 4.69) is 95.6 Å². The predicted molar refractivity (Wildman–Crippen MR) is 353 cm³/mol. The average Bonchev–Trinajstić information content (AvgIpc) is 3.88. The number of unbranched alkanes of at least 4 members (excludes halogenated alkanes) is 2. The van der Waals surface area contributed by atoms with Gasteiger partial charge in [-0.15, -0.1) is 0 Å². The fraction of sp³-hybridized carbons (Fsp3) is 0.644. The number of hydrogen-bond donors (Lipinski definition) is 2. The summed E-state index contributed by atoms with van der Waals surface area (Å²) in [4.78, 5) is 43.7. The molecule has 0 aromatic heterocycles. The zero-order chi connectivity index (χ0) is 66.2. The van der Waals surface area contributed by atoms with Gasteiger partial charge in [-0.05, 0) is 176 Å². The molecule has 1 heterocycles. The molecule has 0 bridgehead atoms. The maximum atomic E-state index is 15.9. The number of hydrogen-bond acceptors (Lipinski definition) is 8. The molecular weight excluding hydrogens is 1090 g/mol. The number of halogens is 4. The van der Waals surface area contributed by atoms with Gasteiger partial charge in [0, 0.05) is 46.6 Å². The highest BCUT2D eigenvalue weighted by molar-refractivity contribution is 5.85. The Morgan fingerprint density at radius 1 is 0.605 bits per heavy atom. The van der Waals surface area contributed by atoms with Crippen LogP contribution in [0.25, 0.3) is 0 Å². The predicted octanol–water partition coefficient (Wildman–Crippen LogP) is 21.2. The molecule has 1 aliphatic carbocycles. The van der Waals surface area contributed by atoms with Crippen molar-refractivity contribution in [2.75, 3.05) is 24.4 Å². The van der Waals surface area contributed by atoms with Gasteiger partial charge >= 0.3 is 12.1 Å². The summed E-state index contributed by atoms with van der Waals surface area (Å²) in [6, 6.07) is 7.60. The van der Waals surface area contributed by atoms with Crippen molar-refractivity contribution in [3.05, 3.63) is 117 Å². The quantitative estimate of drug-likeness (QED) is 0.0581. The van der Waals surface area contributed by atoms with E-state index >= 15 is 8.78 Å². The number of anilines is 2. The molecule has 0 radical (unpaired) electrons. The van der Waals surface area contributed by atoms with Crippen molar-refractivity contribution >= 4 is 35.0 Å². The van der Waals surface area contributed by atoms with E-state index in [4.69, 9.17) is 0 Å². The molecule has 86 heavy (non-hydrogen) atoms. The van der Waals surface area contributed by atoms with Gasteiger partial charge in [-0.2, -0.15) is 0 Å². The summed E-state index contributed by atoms with van der Waals surface area (Å²) in [6.07, 6.45) is 20.9. The number of carbonyl (C=O) groups is 4. The maximum Gasteiger partial charge on any atom is 0.407 e. The van der Waals surface area contributed by atoms with Crippen molar-refractivity contribution in [1.29, 1.82) is 0 Å². The Morgan fingerprint density at radius 3 is 1.44 bits per heavy atom. The smallest absolute Gasteiger partial charge is 0.407 e. The molecule has 9 nitrogen and oxygen atoms in total. The second-order valence-electron chi connectivity index (χ2n) is 25.1. The summed E-state index contributed by atoms with van der Waals surface area (Å²) in [6.45, 7) is 44.9. The Kier molecular flexibility index (Phi) is 39.0. The van der Waals surface area contributed by atoms with Crippen molar-refractivity contribution in [3.8, 4) is 0 Å². The Balaban J connectivity index is 0.00000127. The van der Waals surface area contributed by atoms with Crippen molar-refractivity contribution < 1.29 is 46.2 Å². The number of alkyl carbamates (subject to hydrolysis) is 1. The van der Waals surface area contributed by atoms with Crippen LogP contribution in [0, 0.1) is 86.0 Å². The van der Waals surface area contributed by atoms with Crippen LogP contribution in [0.1, 0.15) is 258 Å². The van der Waals surface area contributed by atoms with Crippen LogP contribution in [0.2, 0.25) is 0 Å². The number of benzene rings is 3. The third-order valence-electron chi connectivity index (χ3n) is 17.3. The van der Waals surface area contributed by atoms with Gasteiger partial charge in [-0.3, -0.25) is 14.4 Å². The number of esters is 1. The number of ether oxygens (including phenoxy) is 2. The summed E-state index contributed by atoms with van der Waals surface area (Å²) in [5.41, 5.74) is 7.21. The fourth-order valence-electron chi connectivity index (χ4n) is 10.8. The SMILES string of the molecule is C=C(C)C(C)CCCC.C=C(Nc1cc(F)c(C2CC[C@H](c3cc(C)c(C)cc3F)N2c2cc(F)c(C)c(F)c2)cc1C)[C@@H](C)CCCC.CC(=O)[C@@H](C)C(C)C.CCCC1(CCC)CCCCC1.COC(=O)NC(C(C)=O)C(C)C.COC(C)=O. The highest BCUT2D eigenvalue weighted by Crippen LogP contribution is 2.49. The van der Waals surface area contributed by atoms with Crippen molar-refractivity contribution in [2.45, 2.75) is 259 Å². The zero-order valence-corrected chi connectivity index (χ0v) is 57.4. The minimum atomic E-state index is -0.688. The highest BCUT2D eigenvalue weighted by Gasteiger charge is 2.39. The standard InChI is InChI=1S/C34H40F4N2.C12H24.C9H18.C8H15NO3.C7H14O.C3H6O2/c1-8-9-10-19(2)24(7)39-32-18-31(38)27(14-22(32)5)34-12-11-33(26-13-20(3)21(4)15-30(26)37)40(34)25-16-28(35)23(6)29(36)17-25;1-3-8-12(9-4-2)10-6-5-7-11-12;1-5-6-7-9(4)8(2)3;1-5(2)7(6(3)10)9-8(11)12-4;1-5(2)6(3)7(4)8;1-3(4)5-2/h13-19,33-34,39H,7-12H2,1-6H3;3-11H2,1-2H3;9H,2,5-7H2,1,3-4H3;5,7H,1-4H3,(H,9,11);5-6H,1-4H3;1-2H3/t19-,33+,34?;;;;6-;/m0...0./s1. The number of rotatable bonds is 22. The molecule has 3 unspecified atom stereocenters. The van der Waals surface area contributed by atoms with Crippen LogP contribution in [0.4, 0.5) is 33.7 Å². The van der Waals surface area contributed by atoms with Crippen molar-refractivity contribution in [3.63, 3.8) is 0 Å². The summed E-state index contributed by atoms with van der Waals surface area (Å²) < 4.78 is 69.2. The second kappa shape index (κ2) is 41.6. The van der Waals surface area contributed by atoms with Gasteiger partial charge in [0.2, 0.25) is 0 Å². The first kappa shape index (κ1) is 80.5. The molecule has 1 amide bonds. The number of allylic oxidation sites excluding steroid dienone is 2. The molecule has 2 fully saturated rings.